The Labute approximate surface area is 156 Å². The maximum absolute atomic E-state index is 4.22. The first-order valence-electron chi connectivity index (χ1n) is 7.18. The summed E-state index contributed by atoms with van der Waals surface area (Å²) in [7, 11) is 1.89. The van der Waals surface area contributed by atoms with E-state index >= 15 is 0 Å². The molecular formula is C19H20IrNP2-. The molecule has 1 aromatic heterocycles. The normalized spacial score (nSPS) is 10.3. The van der Waals surface area contributed by atoms with Crippen LogP contribution in [0.5, 0.6) is 0 Å². The van der Waals surface area contributed by atoms with Crippen LogP contribution < -0.4 is 10.6 Å². The van der Waals surface area contributed by atoms with Gasteiger partial charge in [0.15, 0.2) is 0 Å². The van der Waals surface area contributed by atoms with E-state index in [1.165, 1.54) is 10.6 Å². The van der Waals surface area contributed by atoms with Crippen LogP contribution >= 0.6 is 17.2 Å². The molecule has 2 atom stereocenters. The molecule has 1 radical (unpaired) electrons. The number of aromatic nitrogens is 1. The molecule has 2 aromatic carbocycles. The molecule has 23 heavy (non-hydrogen) atoms. The third-order valence-electron chi connectivity index (χ3n) is 3.12. The van der Waals surface area contributed by atoms with Gasteiger partial charge in [-0.25, -0.2) is 0 Å². The van der Waals surface area contributed by atoms with Crippen molar-refractivity contribution in [3.8, 4) is 11.3 Å². The van der Waals surface area contributed by atoms with Crippen molar-refractivity contribution >= 4 is 27.8 Å². The summed E-state index contributed by atoms with van der Waals surface area (Å²) in [5.41, 5.74) is 2.01. The molecule has 0 saturated heterocycles. The smallest absolute Gasteiger partial charge is 0.0160 e. The molecule has 1 heterocycles. The summed E-state index contributed by atoms with van der Waals surface area (Å²) >= 11 is 0. The average Bonchev–Trinajstić information content (AvgIpc) is 2.63. The van der Waals surface area contributed by atoms with Gasteiger partial charge in [-0.1, -0.05) is 53.6 Å². The predicted octanol–water partition coefficient (Wildman–Crippen LogP) is 4.10. The van der Waals surface area contributed by atoms with Crippen molar-refractivity contribution in [3.05, 3.63) is 79.0 Å². The first kappa shape index (κ1) is 20.1. The zero-order valence-corrected chi connectivity index (χ0v) is 17.6. The molecule has 0 N–H and O–H groups in total. The van der Waals surface area contributed by atoms with Gasteiger partial charge >= 0.3 is 0 Å². The molecule has 121 valence electrons. The van der Waals surface area contributed by atoms with Crippen LogP contribution in [-0.4, -0.2) is 18.3 Å². The van der Waals surface area contributed by atoms with Crippen LogP contribution in [0.4, 0.5) is 0 Å². The molecule has 4 heteroatoms. The maximum atomic E-state index is 4.22. The molecule has 0 amide bonds. The second kappa shape index (κ2) is 11.6. The molecule has 1 nitrogen and oxygen atoms in total. The van der Waals surface area contributed by atoms with E-state index in [-0.39, 0.29) is 20.1 Å². The zero-order valence-electron chi connectivity index (χ0n) is 13.2. The predicted molar refractivity (Wildman–Crippen MR) is 103 cm³/mol. The Bertz CT molecular complexity index is 615. The van der Waals surface area contributed by atoms with Crippen LogP contribution in [0, 0.1) is 6.07 Å². The van der Waals surface area contributed by atoms with Crippen LogP contribution in [0.3, 0.4) is 0 Å². The van der Waals surface area contributed by atoms with E-state index in [9.17, 15) is 0 Å². The Morgan fingerprint density at radius 1 is 0.783 bits per heavy atom. The molecule has 3 aromatic rings. The minimum atomic E-state index is 0. The Kier molecular flexibility index (Phi) is 10.2. The average molecular weight is 517 g/mol. The standard InChI is InChI=1S/C11H8N.C8H12P2.Ir/c1-2-6-10(7-3-1)11-8-4-5-9-12-11;1-9-7-5-3-4-6-8(7)10-2;/h1-6,8-9H;3-6,9-10H,1-2H3;/q-1;;. The molecule has 0 aliphatic rings. The topological polar surface area (TPSA) is 12.9 Å². The third-order valence-corrected chi connectivity index (χ3v) is 5.32. The monoisotopic (exact) mass is 517 g/mol. The number of benzene rings is 2. The van der Waals surface area contributed by atoms with Crippen LogP contribution in [0.1, 0.15) is 0 Å². The largest absolute Gasteiger partial charge is 0.305 e. The molecule has 0 bridgehead atoms. The summed E-state index contributed by atoms with van der Waals surface area (Å²) in [4.78, 5) is 4.22. The molecule has 0 aliphatic carbocycles. The van der Waals surface area contributed by atoms with Gasteiger partial charge in [0.2, 0.25) is 0 Å². The minimum Gasteiger partial charge on any atom is -0.305 e. The van der Waals surface area contributed by atoms with Crippen molar-refractivity contribution in [2.75, 3.05) is 13.3 Å². The Hall–Kier alpha value is -0.901. The quantitative estimate of drug-likeness (QED) is 0.378. The Morgan fingerprint density at radius 3 is 1.87 bits per heavy atom. The van der Waals surface area contributed by atoms with Crippen molar-refractivity contribution < 1.29 is 20.1 Å². The fourth-order valence-corrected chi connectivity index (χ4v) is 3.97. The molecule has 0 spiro atoms. The van der Waals surface area contributed by atoms with E-state index in [1.54, 1.807) is 6.20 Å². The van der Waals surface area contributed by atoms with Crippen LogP contribution in [-0.2, 0) is 20.1 Å². The number of nitrogens with zero attached hydrogens (tertiary/aromatic N) is 1. The summed E-state index contributed by atoms with van der Waals surface area (Å²) in [5.74, 6) is 0. The number of rotatable bonds is 3. The van der Waals surface area contributed by atoms with E-state index < -0.39 is 0 Å². The van der Waals surface area contributed by atoms with Crippen molar-refractivity contribution in [1.29, 1.82) is 0 Å². The number of hydrogen-bond acceptors (Lipinski definition) is 1. The molecule has 2 unspecified atom stereocenters. The molecule has 0 aliphatic heterocycles. The van der Waals surface area contributed by atoms with E-state index in [1.807, 2.05) is 42.5 Å². The summed E-state index contributed by atoms with van der Waals surface area (Å²) in [6.45, 7) is 4.47. The van der Waals surface area contributed by atoms with Gasteiger partial charge in [0.25, 0.3) is 0 Å². The van der Waals surface area contributed by atoms with Crippen molar-refractivity contribution in [3.63, 3.8) is 0 Å². The molecule has 3 rings (SSSR count). The van der Waals surface area contributed by atoms with Crippen LogP contribution in [0.15, 0.2) is 72.9 Å². The molecule has 0 saturated carbocycles. The summed E-state index contributed by atoms with van der Waals surface area (Å²) in [6.07, 6.45) is 1.79. The van der Waals surface area contributed by atoms with Gasteiger partial charge in [0.1, 0.15) is 0 Å². The van der Waals surface area contributed by atoms with Crippen LogP contribution in [0.25, 0.3) is 11.3 Å². The van der Waals surface area contributed by atoms with Crippen LogP contribution in [0.2, 0.25) is 0 Å². The van der Waals surface area contributed by atoms with Gasteiger partial charge in [-0.3, -0.25) is 0 Å². The SMILES string of the molecule is CPc1ccccc1PC.[Ir].[c-]1ccccc1-c1ccccn1. The molecule has 0 fully saturated rings. The third kappa shape index (κ3) is 6.62. The second-order valence-electron chi connectivity index (χ2n) is 4.54. The number of pyridine rings is 1. The minimum absolute atomic E-state index is 0. The zero-order chi connectivity index (χ0) is 15.6. The van der Waals surface area contributed by atoms with Crippen molar-refractivity contribution in [2.45, 2.75) is 0 Å². The van der Waals surface area contributed by atoms with Crippen molar-refractivity contribution in [1.82, 2.24) is 4.98 Å². The Balaban J connectivity index is 0.000000224. The fourth-order valence-electron chi connectivity index (χ4n) is 1.99. The van der Waals surface area contributed by atoms with Gasteiger partial charge < -0.3 is 4.98 Å². The first-order valence-corrected chi connectivity index (χ1v) is 10.2. The summed E-state index contributed by atoms with van der Waals surface area (Å²) < 4.78 is 0. The van der Waals surface area contributed by atoms with E-state index in [4.69, 9.17) is 0 Å². The first-order chi connectivity index (χ1) is 10.8. The van der Waals surface area contributed by atoms with E-state index in [0.29, 0.717) is 0 Å². The van der Waals surface area contributed by atoms with E-state index in [0.717, 1.165) is 28.4 Å². The molecular weight excluding hydrogens is 496 g/mol. The summed E-state index contributed by atoms with van der Waals surface area (Å²) in [5, 5.41) is 3.06. The van der Waals surface area contributed by atoms with Gasteiger partial charge in [-0.2, -0.15) is 0 Å². The van der Waals surface area contributed by atoms with Gasteiger partial charge in [0, 0.05) is 26.3 Å². The fraction of sp³-hybridized carbons (Fsp3) is 0.105. The maximum Gasteiger partial charge on any atom is 0.0160 e. The second-order valence-corrected chi connectivity index (χ2v) is 6.61. The summed E-state index contributed by atoms with van der Waals surface area (Å²) in [6, 6.07) is 25.5. The Morgan fingerprint density at radius 2 is 1.39 bits per heavy atom. The van der Waals surface area contributed by atoms with Crippen molar-refractivity contribution in [2.24, 2.45) is 0 Å². The van der Waals surface area contributed by atoms with E-state index in [2.05, 4.69) is 48.6 Å². The van der Waals surface area contributed by atoms with Gasteiger partial charge in [-0.05, 0) is 35.7 Å². The number of hydrogen-bond donors (Lipinski definition) is 0. The van der Waals surface area contributed by atoms with Gasteiger partial charge in [-0.15, -0.1) is 35.9 Å². The van der Waals surface area contributed by atoms with Gasteiger partial charge in [0.05, 0.1) is 0 Å².